The number of primary sulfonamides is 1. The summed E-state index contributed by atoms with van der Waals surface area (Å²) < 4.78 is 33.4. The molecule has 0 fully saturated rings. The Hall–Kier alpha value is -2.58. The highest BCUT2D eigenvalue weighted by molar-refractivity contribution is 7.89. The summed E-state index contributed by atoms with van der Waals surface area (Å²) in [4.78, 5) is 6.67. The highest BCUT2D eigenvalue weighted by atomic mass is 32.2. The molecule has 2 N–H and O–H groups in total. The molecule has 7 nitrogen and oxygen atoms in total. The van der Waals surface area contributed by atoms with Gasteiger partial charge in [-0.05, 0) is 36.4 Å². The monoisotopic (exact) mass is 361 g/mol. The first kappa shape index (κ1) is 17.2. The summed E-state index contributed by atoms with van der Waals surface area (Å²) in [5, 5.41) is 5.14. The van der Waals surface area contributed by atoms with Crippen molar-refractivity contribution >= 4 is 21.5 Å². The summed E-state index contributed by atoms with van der Waals surface area (Å²) >= 11 is 0. The molecule has 1 aliphatic heterocycles. The van der Waals surface area contributed by atoms with Crippen molar-refractivity contribution in [3.8, 4) is 11.5 Å². The van der Waals surface area contributed by atoms with E-state index in [1.54, 1.807) is 26.4 Å². The lowest BCUT2D eigenvalue weighted by Gasteiger charge is -2.22. The quantitative estimate of drug-likeness (QED) is 0.873. The molecule has 0 unspecified atom stereocenters. The van der Waals surface area contributed by atoms with Crippen LogP contribution < -0.4 is 19.5 Å². The van der Waals surface area contributed by atoms with E-state index < -0.39 is 10.0 Å². The molecule has 1 aliphatic rings. The van der Waals surface area contributed by atoms with E-state index in [0.717, 1.165) is 23.6 Å². The zero-order valence-electron chi connectivity index (χ0n) is 14.0. The van der Waals surface area contributed by atoms with Crippen LogP contribution in [0.3, 0.4) is 0 Å². The van der Waals surface area contributed by atoms with Gasteiger partial charge in [-0.25, -0.2) is 13.6 Å². The largest absolute Gasteiger partial charge is 0.493 e. The molecule has 25 heavy (non-hydrogen) atoms. The lowest BCUT2D eigenvalue weighted by molar-refractivity contribution is 0.355. The number of aliphatic imine (C=N–C) groups is 1. The lowest BCUT2D eigenvalue weighted by atomic mass is 10.1. The maximum absolute atomic E-state index is 11.4. The molecule has 0 bridgehead atoms. The number of nitrogens with two attached hydrogens (primary N) is 1. The van der Waals surface area contributed by atoms with E-state index in [1.807, 2.05) is 23.1 Å². The maximum Gasteiger partial charge on any atom is 0.238 e. The maximum atomic E-state index is 11.4. The van der Waals surface area contributed by atoms with E-state index in [9.17, 15) is 8.42 Å². The Morgan fingerprint density at radius 3 is 2.32 bits per heavy atom. The minimum Gasteiger partial charge on any atom is -0.493 e. The smallest absolute Gasteiger partial charge is 0.238 e. The van der Waals surface area contributed by atoms with E-state index in [2.05, 4.69) is 4.99 Å². The number of ether oxygens (including phenoxy) is 2. The van der Waals surface area contributed by atoms with E-state index in [4.69, 9.17) is 14.6 Å². The molecule has 0 saturated carbocycles. The van der Waals surface area contributed by atoms with Crippen LogP contribution in [0.25, 0.3) is 0 Å². The second-order valence-electron chi connectivity index (χ2n) is 5.47. The number of hydrogen-bond acceptors (Lipinski definition) is 6. The fourth-order valence-electron chi connectivity index (χ4n) is 2.73. The van der Waals surface area contributed by atoms with Gasteiger partial charge in [0.05, 0.1) is 25.7 Å². The van der Waals surface area contributed by atoms with Crippen LogP contribution in [0, 0.1) is 0 Å². The summed E-state index contributed by atoms with van der Waals surface area (Å²) in [5.41, 5.74) is 1.74. The normalized spacial score (nSPS) is 14.4. The van der Waals surface area contributed by atoms with Crippen molar-refractivity contribution in [3.63, 3.8) is 0 Å². The van der Waals surface area contributed by atoms with Crippen molar-refractivity contribution in [3.05, 3.63) is 48.0 Å². The van der Waals surface area contributed by atoms with Crippen molar-refractivity contribution in [1.29, 1.82) is 0 Å². The van der Waals surface area contributed by atoms with E-state index in [0.29, 0.717) is 18.0 Å². The van der Waals surface area contributed by atoms with Gasteiger partial charge in [-0.15, -0.1) is 0 Å². The van der Waals surface area contributed by atoms with Gasteiger partial charge in [-0.1, -0.05) is 0 Å². The SMILES string of the molecule is COc1ccc(N2CCN=C2c2ccc(S(N)(=O)=O)cc2)cc1OC. The molecule has 0 aliphatic carbocycles. The van der Waals surface area contributed by atoms with Crippen LogP contribution in [0.15, 0.2) is 52.4 Å². The number of sulfonamides is 1. The third-order valence-corrected chi connectivity index (χ3v) is 4.89. The molecule has 0 amide bonds. The number of benzene rings is 2. The van der Waals surface area contributed by atoms with Gasteiger partial charge in [-0.3, -0.25) is 4.99 Å². The Bertz CT molecular complexity index is 908. The predicted molar refractivity (Wildman–Crippen MR) is 96.1 cm³/mol. The molecule has 0 atom stereocenters. The predicted octanol–water partition coefficient (Wildman–Crippen LogP) is 1.62. The summed E-state index contributed by atoms with van der Waals surface area (Å²) in [5.74, 6) is 2.06. The molecule has 8 heteroatoms. The average molecular weight is 361 g/mol. The Kier molecular flexibility index (Phi) is 4.65. The summed E-state index contributed by atoms with van der Waals surface area (Å²) in [6.45, 7) is 1.38. The average Bonchev–Trinajstić information content (AvgIpc) is 3.10. The summed E-state index contributed by atoms with van der Waals surface area (Å²) in [6, 6.07) is 12.0. The minimum atomic E-state index is -3.71. The highest BCUT2D eigenvalue weighted by Gasteiger charge is 2.22. The van der Waals surface area contributed by atoms with Crippen LogP contribution in [0.2, 0.25) is 0 Å². The first-order valence-corrected chi connectivity index (χ1v) is 9.16. The number of anilines is 1. The third-order valence-electron chi connectivity index (χ3n) is 3.96. The molecule has 0 saturated heterocycles. The number of methoxy groups -OCH3 is 2. The minimum absolute atomic E-state index is 0.0764. The van der Waals surface area contributed by atoms with Crippen molar-refractivity contribution < 1.29 is 17.9 Å². The van der Waals surface area contributed by atoms with Crippen molar-refractivity contribution in [1.82, 2.24) is 0 Å². The van der Waals surface area contributed by atoms with Gasteiger partial charge in [0.25, 0.3) is 0 Å². The number of hydrogen-bond donors (Lipinski definition) is 1. The van der Waals surface area contributed by atoms with E-state index in [1.165, 1.54) is 12.1 Å². The van der Waals surface area contributed by atoms with Gasteiger partial charge in [0.2, 0.25) is 10.0 Å². The number of rotatable bonds is 5. The molecule has 2 aromatic rings. The van der Waals surface area contributed by atoms with Crippen molar-refractivity contribution in [2.45, 2.75) is 4.90 Å². The molecular weight excluding hydrogens is 342 g/mol. The molecule has 132 valence electrons. The molecule has 0 aromatic heterocycles. The Morgan fingerprint density at radius 1 is 1.04 bits per heavy atom. The second-order valence-corrected chi connectivity index (χ2v) is 7.03. The van der Waals surface area contributed by atoms with Crippen LogP contribution in [-0.4, -0.2) is 41.6 Å². The van der Waals surface area contributed by atoms with Gasteiger partial charge in [-0.2, -0.15) is 0 Å². The fraction of sp³-hybridized carbons (Fsp3) is 0.235. The van der Waals surface area contributed by atoms with E-state index >= 15 is 0 Å². The fourth-order valence-corrected chi connectivity index (χ4v) is 3.25. The van der Waals surface area contributed by atoms with Crippen LogP contribution >= 0.6 is 0 Å². The number of nitrogens with zero attached hydrogens (tertiary/aromatic N) is 2. The van der Waals surface area contributed by atoms with Crippen LogP contribution in [0.5, 0.6) is 11.5 Å². The van der Waals surface area contributed by atoms with Gasteiger partial charge < -0.3 is 14.4 Å². The zero-order valence-corrected chi connectivity index (χ0v) is 14.8. The first-order chi connectivity index (χ1) is 11.9. The van der Waals surface area contributed by atoms with Gasteiger partial charge in [0.15, 0.2) is 11.5 Å². The first-order valence-electron chi connectivity index (χ1n) is 7.61. The molecular formula is C17H19N3O4S. The van der Waals surface area contributed by atoms with Gasteiger partial charge >= 0.3 is 0 Å². The summed E-state index contributed by atoms with van der Waals surface area (Å²) in [7, 11) is -0.529. The Labute approximate surface area is 146 Å². The zero-order chi connectivity index (χ0) is 18.0. The standard InChI is InChI=1S/C17H19N3O4S/c1-23-15-8-5-13(11-16(15)24-2)20-10-9-19-17(20)12-3-6-14(7-4-12)25(18,21)22/h3-8,11H,9-10H2,1-2H3,(H2,18,21,22). The topological polar surface area (TPSA) is 94.2 Å². The van der Waals surface area contributed by atoms with Gasteiger partial charge in [0.1, 0.15) is 5.84 Å². The molecule has 1 heterocycles. The highest BCUT2D eigenvalue weighted by Crippen LogP contribution is 2.33. The Balaban J connectivity index is 1.93. The van der Waals surface area contributed by atoms with Crippen molar-refractivity contribution in [2.75, 3.05) is 32.2 Å². The van der Waals surface area contributed by atoms with Crippen LogP contribution in [0.1, 0.15) is 5.56 Å². The summed E-state index contributed by atoms with van der Waals surface area (Å²) in [6.07, 6.45) is 0. The van der Waals surface area contributed by atoms with Crippen LogP contribution in [-0.2, 0) is 10.0 Å². The molecule has 2 aromatic carbocycles. The van der Waals surface area contributed by atoms with Crippen LogP contribution in [0.4, 0.5) is 5.69 Å². The third kappa shape index (κ3) is 3.45. The number of amidine groups is 1. The van der Waals surface area contributed by atoms with E-state index in [-0.39, 0.29) is 4.90 Å². The van der Waals surface area contributed by atoms with Gasteiger partial charge in [0, 0.05) is 23.9 Å². The molecule has 3 rings (SSSR count). The Morgan fingerprint density at radius 2 is 1.72 bits per heavy atom. The lowest BCUT2D eigenvalue weighted by Crippen LogP contribution is -2.28. The second kappa shape index (κ2) is 6.73. The van der Waals surface area contributed by atoms with Crippen molar-refractivity contribution in [2.24, 2.45) is 10.1 Å². The molecule has 0 spiro atoms. The molecule has 0 radical (unpaired) electrons.